The first-order valence-electron chi connectivity index (χ1n) is 4.82. The number of carbonyl (C=O) groups excluding carboxylic acids is 2. The summed E-state index contributed by atoms with van der Waals surface area (Å²) in [6, 6.07) is 0. The van der Waals surface area contributed by atoms with Gasteiger partial charge in [0.2, 0.25) is 0 Å². The first kappa shape index (κ1) is 9.65. The van der Waals surface area contributed by atoms with Crippen LogP contribution in [0.25, 0.3) is 0 Å². The van der Waals surface area contributed by atoms with Crippen molar-refractivity contribution in [3.63, 3.8) is 0 Å². The first-order chi connectivity index (χ1) is 6.38. The summed E-state index contributed by atoms with van der Waals surface area (Å²) in [5.41, 5.74) is -0.276. The number of fused-ring (bicyclic) bond motifs is 1. The molecule has 0 unspecified atom stereocenters. The highest BCUT2D eigenvalue weighted by Gasteiger charge is 2.58. The van der Waals surface area contributed by atoms with Crippen LogP contribution in [0.1, 0.15) is 27.2 Å². The Kier molecular flexibility index (Phi) is 1.93. The molecule has 0 aromatic carbocycles. The lowest BCUT2D eigenvalue weighted by Gasteiger charge is -2.39. The van der Waals surface area contributed by atoms with Gasteiger partial charge in [-0.05, 0) is 27.2 Å². The number of cyclic esters (lactones) is 2. The van der Waals surface area contributed by atoms with Crippen molar-refractivity contribution in [1.29, 1.82) is 0 Å². The Balaban J connectivity index is 2.01. The maximum absolute atomic E-state index is 11.2. The third-order valence-corrected chi connectivity index (χ3v) is 2.60. The molecule has 1 heterocycles. The quantitative estimate of drug-likeness (QED) is 0.464. The minimum absolute atomic E-state index is 0.140. The van der Waals surface area contributed by atoms with Crippen LogP contribution >= 0.6 is 0 Å². The molecular weight excluding hydrogens is 184 g/mol. The van der Waals surface area contributed by atoms with E-state index in [0.29, 0.717) is 6.42 Å². The zero-order chi connectivity index (χ0) is 10.5. The van der Waals surface area contributed by atoms with Crippen LogP contribution in [0.3, 0.4) is 0 Å². The lowest BCUT2D eigenvalue weighted by molar-refractivity contribution is -0.162. The minimum Gasteiger partial charge on any atom is -0.393 e. The molecule has 0 bridgehead atoms. The van der Waals surface area contributed by atoms with Gasteiger partial charge >= 0.3 is 11.9 Å². The van der Waals surface area contributed by atoms with Crippen molar-refractivity contribution in [2.75, 3.05) is 0 Å². The molecule has 2 fully saturated rings. The molecule has 14 heavy (non-hydrogen) atoms. The van der Waals surface area contributed by atoms with E-state index in [-0.39, 0.29) is 29.5 Å². The lowest BCUT2D eigenvalue weighted by Crippen LogP contribution is -2.48. The normalized spacial score (nSPS) is 36.4. The summed E-state index contributed by atoms with van der Waals surface area (Å²) in [6.07, 6.45) is 0.478. The fourth-order valence-corrected chi connectivity index (χ4v) is 1.98. The first-order valence-corrected chi connectivity index (χ1v) is 4.82. The second kappa shape index (κ2) is 2.79. The van der Waals surface area contributed by atoms with Gasteiger partial charge in [0.05, 0.1) is 23.5 Å². The van der Waals surface area contributed by atoms with E-state index in [2.05, 4.69) is 4.74 Å². The van der Waals surface area contributed by atoms with Crippen LogP contribution in [-0.4, -0.2) is 23.6 Å². The molecule has 0 amide bonds. The number of hydrogen-bond acceptors (Lipinski definition) is 4. The van der Waals surface area contributed by atoms with E-state index in [1.807, 2.05) is 20.8 Å². The van der Waals surface area contributed by atoms with Crippen molar-refractivity contribution >= 4 is 11.9 Å². The Bertz CT molecular complexity index is 289. The average molecular weight is 198 g/mol. The maximum Gasteiger partial charge on any atom is 0.320 e. The van der Waals surface area contributed by atoms with Crippen LogP contribution in [0.15, 0.2) is 0 Å². The highest BCUT2D eigenvalue weighted by molar-refractivity contribution is 5.98. The van der Waals surface area contributed by atoms with Gasteiger partial charge in [0.1, 0.15) is 0 Å². The summed E-state index contributed by atoms with van der Waals surface area (Å²) in [6.45, 7) is 5.80. The van der Waals surface area contributed by atoms with E-state index >= 15 is 0 Å². The highest BCUT2D eigenvalue weighted by Crippen LogP contribution is 2.44. The number of carbonyl (C=O) groups is 2. The van der Waals surface area contributed by atoms with Crippen molar-refractivity contribution in [2.24, 2.45) is 11.8 Å². The van der Waals surface area contributed by atoms with Gasteiger partial charge in [0, 0.05) is 0 Å². The van der Waals surface area contributed by atoms with Crippen LogP contribution in [-0.2, 0) is 19.1 Å². The van der Waals surface area contributed by atoms with Gasteiger partial charge in [-0.25, -0.2) is 0 Å². The third-order valence-electron chi connectivity index (χ3n) is 2.60. The molecule has 1 saturated heterocycles. The van der Waals surface area contributed by atoms with Crippen LogP contribution in [0.5, 0.6) is 0 Å². The number of ether oxygens (including phenoxy) is 2. The summed E-state index contributed by atoms with van der Waals surface area (Å²) in [5.74, 6) is -1.38. The highest BCUT2D eigenvalue weighted by atomic mass is 16.6. The molecule has 4 heteroatoms. The Hall–Kier alpha value is -0.900. The Morgan fingerprint density at radius 3 is 2.43 bits per heavy atom. The van der Waals surface area contributed by atoms with Crippen molar-refractivity contribution in [2.45, 2.75) is 38.9 Å². The molecule has 0 aromatic rings. The standard InChI is InChI=1S/C10H14O4/c1-10(2,3)14-6-4-5-7(6)9(12)13-8(5)11/h5-7H,4H2,1-3H3/t5-,6+,7-/m0/s1. The molecule has 2 aliphatic rings. The molecule has 0 radical (unpaired) electrons. The van der Waals surface area contributed by atoms with Crippen LogP contribution in [0.4, 0.5) is 0 Å². The van der Waals surface area contributed by atoms with Gasteiger partial charge in [-0.3, -0.25) is 9.59 Å². The SMILES string of the molecule is CC(C)(C)O[C@@H]1C[C@@H]2C(=O)OC(=O)[C@@H]21. The zero-order valence-corrected chi connectivity index (χ0v) is 8.57. The molecule has 4 nitrogen and oxygen atoms in total. The van der Waals surface area contributed by atoms with Crippen molar-refractivity contribution in [3.8, 4) is 0 Å². The Morgan fingerprint density at radius 1 is 1.29 bits per heavy atom. The van der Waals surface area contributed by atoms with E-state index in [1.165, 1.54) is 0 Å². The molecule has 2 rings (SSSR count). The van der Waals surface area contributed by atoms with E-state index in [9.17, 15) is 9.59 Å². The molecule has 1 saturated carbocycles. The molecule has 1 aliphatic carbocycles. The molecule has 0 spiro atoms. The topological polar surface area (TPSA) is 52.6 Å². The zero-order valence-electron chi connectivity index (χ0n) is 8.57. The average Bonchev–Trinajstić information content (AvgIpc) is 2.14. The number of rotatable bonds is 1. The predicted octanol–water partition coefficient (Wildman–Crippen LogP) is 0.890. The van der Waals surface area contributed by atoms with Gasteiger partial charge in [-0.1, -0.05) is 0 Å². The monoisotopic (exact) mass is 198 g/mol. The van der Waals surface area contributed by atoms with E-state index in [0.717, 1.165) is 0 Å². The Labute approximate surface area is 82.6 Å². The Morgan fingerprint density at radius 2 is 1.93 bits per heavy atom. The maximum atomic E-state index is 11.2. The van der Waals surface area contributed by atoms with Crippen molar-refractivity contribution < 1.29 is 19.1 Å². The third kappa shape index (κ3) is 1.43. The summed E-state index contributed by atoms with van der Waals surface area (Å²) < 4.78 is 10.2. The molecular formula is C10H14O4. The molecule has 0 N–H and O–H groups in total. The second-order valence-corrected chi connectivity index (χ2v) is 4.88. The van der Waals surface area contributed by atoms with Crippen LogP contribution in [0.2, 0.25) is 0 Å². The lowest BCUT2D eigenvalue weighted by atomic mass is 9.72. The summed E-state index contributed by atoms with van der Waals surface area (Å²) in [7, 11) is 0. The largest absolute Gasteiger partial charge is 0.393 e. The van der Waals surface area contributed by atoms with Crippen molar-refractivity contribution in [3.05, 3.63) is 0 Å². The second-order valence-electron chi connectivity index (χ2n) is 4.88. The number of esters is 2. The summed E-state index contributed by atoms with van der Waals surface area (Å²) in [4.78, 5) is 22.3. The van der Waals surface area contributed by atoms with Gasteiger partial charge in [0.15, 0.2) is 0 Å². The van der Waals surface area contributed by atoms with E-state index in [1.54, 1.807) is 0 Å². The molecule has 0 aromatic heterocycles. The minimum atomic E-state index is -0.416. The molecule has 78 valence electrons. The summed E-state index contributed by atoms with van der Waals surface area (Å²) >= 11 is 0. The fourth-order valence-electron chi connectivity index (χ4n) is 1.98. The fraction of sp³-hybridized carbons (Fsp3) is 0.800. The van der Waals surface area contributed by atoms with Gasteiger partial charge in [-0.2, -0.15) is 0 Å². The van der Waals surface area contributed by atoms with Crippen molar-refractivity contribution in [1.82, 2.24) is 0 Å². The van der Waals surface area contributed by atoms with E-state index in [4.69, 9.17) is 4.74 Å². The summed E-state index contributed by atoms with van der Waals surface area (Å²) in [5, 5.41) is 0. The van der Waals surface area contributed by atoms with Gasteiger partial charge < -0.3 is 9.47 Å². The predicted molar refractivity (Wildman–Crippen MR) is 47.3 cm³/mol. The smallest absolute Gasteiger partial charge is 0.320 e. The van der Waals surface area contributed by atoms with E-state index < -0.39 is 5.97 Å². The van der Waals surface area contributed by atoms with Gasteiger partial charge in [-0.15, -0.1) is 0 Å². The van der Waals surface area contributed by atoms with Crippen LogP contribution < -0.4 is 0 Å². The molecule has 1 aliphatic heterocycles. The molecule has 3 atom stereocenters. The van der Waals surface area contributed by atoms with Crippen LogP contribution in [0, 0.1) is 11.8 Å². The van der Waals surface area contributed by atoms with Gasteiger partial charge in [0.25, 0.3) is 0 Å². The number of hydrogen-bond donors (Lipinski definition) is 0.